The van der Waals surface area contributed by atoms with Crippen LogP contribution in [0.4, 0.5) is 11.4 Å². The minimum atomic E-state index is 0.685. The molecule has 0 atom stereocenters. The van der Waals surface area contributed by atoms with E-state index in [1.165, 1.54) is 6.21 Å². The quantitative estimate of drug-likeness (QED) is 0.356. The van der Waals surface area contributed by atoms with Gasteiger partial charge in [0.05, 0.1) is 11.9 Å². The highest BCUT2D eigenvalue weighted by Gasteiger charge is 1.87. The minimum Gasteiger partial charge on any atom is -0.399 e. The van der Waals surface area contributed by atoms with E-state index in [-0.39, 0.29) is 0 Å². The average molecular weight is 162 g/mol. The predicted octanol–water partition coefficient (Wildman–Crippen LogP) is 1.32. The second-order valence-electron chi connectivity index (χ2n) is 2.18. The van der Waals surface area contributed by atoms with E-state index < -0.39 is 0 Å². The van der Waals surface area contributed by atoms with Gasteiger partial charge < -0.3 is 11.1 Å². The third-order valence-corrected chi connectivity index (χ3v) is 1.23. The largest absolute Gasteiger partial charge is 0.399 e. The van der Waals surface area contributed by atoms with Gasteiger partial charge in [-0.1, -0.05) is 6.07 Å². The van der Waals surface area contributed by atoms with Crippen LogP contribution in [-0.4, -0.2) is 12.4 Å². The normalized spacial score (nSPS) is 10.0. The molecule has 0 unspecified atom stereocenters. The average Bonchev–Trinajstić information content (AvgIpc) is 2.05. The van der Waals surface area contributed by atoms with Gasteiger partial charge >= 0.3 is 0 Å². The first kappa shape index (κ1) is 8.26. The summed E-state index contributed by atoms with van der Waals surface area (Å²) in [6.07, 6.45) is 2.45. The molecule has 0 heterocycles. The van der Waals surface area contributed by atoms with E-state index in [0.29, 0.717) is 5.69 Å². The number of nitrogens with zero attached hydrogens (tertiary/aromatic N) is 1. The summed E-state index contributed by atoms with van der Waals surface area (Å²) in [6, 6.07) is 7.24. The van der Waals surface area contributed by atoms with Crippen LogP contribution >= 0.6 is 0 Å². The van der Waals surface area contributed by atoms with Gasteiger partial charge in [0.15, 0.2) is 0 Å². The van der Waals surface area contributed by atoms with Crippen molar-refractivity contribution in [3.63, 3.8) is 0 Å². The number of hydrazone groups is 1. The molecule has 1 rings (SSSR count). The van der Waals surface area contributed by atoms with Crippen molar-refractivity contribution in [3.8, 4) is 0 Å². The molecule has 0 aliphatic heterocycles. The van der Waals surface area contributed by atoms with Crippen molar-refractivity contribution in [3.05, 3.63) is 24.3 Å². The molecule has 0 bridgehead atoms. The molecule has 0 saturated carbocycles. The third-order valence-electron chi connectivity index (χ3n) is 1.23. The Labute approximate surface area is 70.6 Å². The van der Waals surface area contributed by atoms with Crippen LogP contribution in [0.3, 0.4) is 0 Å². The lowest BCUT2D eigenvalue weighted by Gasteiger charge is -1.99. The Bertz CT molecular complexity index is 293. The van der Waals surface area contributed by atoms with Crippen molar-refractivity contribution < 1.29 is 0 Å². The van der Waals surface area contributed by atoms with Crippen molar-refractivity contribution in [1.29, 1.82) is 5.41 Å². The predicted molar refractivity (Wildman–Crippen MR) is 51.8 cm³/mol. The second-order valence-corrected chi connectivity index (χ2v) is 2.18. The van der Waals surface area contributed by atoms with Crippen molar-refractivity contribution in [1.82, 2.24) is 0 Å². The smallest absolute Gasteiger partial charge is 0.0648 e. The Morgan fingerprint density at radius 2 is 2.33 bits per heavy atom. The van der Waals surface area contributed by atoms with Gasteiger partial charge in [-0.2, -0.15) is 5.10 Å². The fraction of sp³-hybridized carbons (Fsp3) is 0. The number of anilines is 2. The molecule has 0 radical (unpaired) electrons. The maximum atomic E-state index is 6.67. The van der Waals surface area contributed by atoms with Crippen molar-refractivity contribution in [2.75, 3.05) is 11.2 Å². The molecule has 0 amide bonds. The van der Waals surface area contributed by atoms with Crippen molar-refractivity contribution >= 4 is 23.8 Å². The SMILES string of the molecule is N=CC=NNc1cccc(N)c1. The van der Waals surface area contributed by atoms with Crippen LogP contribution < -0.4 is 11.2 Å². The summed E-state index contributed by atoms with van der Waals surface area (Å²) >= 11 is 0. The van der Waals surface area contributed by atoms with Gasteiger partial charge in [-0.25, -0.2) is 0 Å². The number of nitrogens with one attached hydrogen (secondary N) is 2. The zero-order chi connectivity index (χ0) is 8.81. The topological polar surface area (TPSA) is 74.3 Å². The molecule has 0 saturated heterocycles. The van der Waals surface area contributed by atoms with E-state index in [9.17, 15) is 0 Å². The van der Waals surface area contributed by atoms with Crippen LogP contribution in [0.2, 0.25) is 0 Å². The van der Waals surface area contributed by atoms with Gasteiger partial charge in [-0.05, 0) is 18.2 Å². The number of nitrogen functional groups attached to an aromatic ring is 1. The number of hydrogen-bond donors (Lipinski definition) is 3. The summed E-state index contributed by atoms with van der Waals surface area (Å²) in [5, 5.41) is 10.4. The summed E-state index contributed by atoms with van der Waals surface area (Å²) in [6.45, 7) is 0. The minimum absolute atomic E-state index is 0.685. The monoisotopic (exact) mass is 162 g/mol. The molecule has 1 aromatic carbocycles. The molecule has 4 heteroatoms. The van der Waals surface area contributed by atoms with Crippen molar-refractivity contribution in [2.24, 2.45) is 5.10 Å². The zero-order valence-electron chi connectivity index (χ0n) is 6.49. The van der Waals surface area contributed by atoms with Crippen molar-refractivity contribution in [2.45, 2.75) is 0 Å². The Kier molecular flexibility index (Phi) is 2.84. The van der Waals surface area contributed by atoms with E-state index in [4.69, 9.17) is 11.1 Å². The van der Waals surface area contributed by atoms with Crippen LogP contribution in [0, 0.1) is 5.41 Å². The Morgan fingerprint density at radius 1 is 1.50 bits per heavy atom. The molecule has 1 aromatic rings. The van der Waals surface area contributed by atoms with Gasteiger partial charge in [0.2, 0.25) is 0 Å². The maximum Gasteiger partial charge on any atom is 0.0648 e. The maximum absolute atomic E-state index is 6.67. The van der Waals surface area contributed by atoms with Gasteiger partial charge in [-0.15, -0.1) is 0 Å². The number of rotatable bonds is 3. The van der Waals surface area contributed by atoms with Gasteiger partial charge in [0, 0.05) is 11.9 Å². The van der Waals surface area contributed by atoms with Crippen LogP contribution in [0.5, 0.6) is 0 Å². The lowest BCUT2D eigenvalue weighted by atomic mass is 10.3. The zero-order valence-corrected chi connectivity index (χ0v) is 6.49. The highest BCUT2D eigenvalue weighted by atomic mass is 15.3. The summed E-state index contributed by atoms with van der Waals surface area (Å²) in [5.41, 5.74) is 9.75. The molecule has 0 aliphatic rings. The van der Waals surface area contributed by atoms with Crippen LogP contribution in [0.1, 0.15) is 0 Å². The highest BCUT2D eigenvalue weighted by molar-refractivity contribution is 6.14. The van der Waals surface area contributed by atoms with E-state index in [1.807, 2.05) is 12.1 Å². The lowest BCUT2D eigenvalue weighted by molar-refractivity contribution is 1.36. The van der Waals surface area contributed by atoms with Gasteiger partial charge in [0.1, 0.15) is 0 Å². The molecule has 0 aromatic heterocycles. The second kappa shape index (κ2) is 4.12. The van der Waals surface area contributed by atoms with Crippen LogP contribution in [0.15, 0.2) is 29.4 Å². The fourth-order valence-electron chi connectivity index (χ4n) is 0.757. The first-order valence-electron chi connectivity index (χ1n) is 3.46. The fourth-order valence-corrected chi connectivity index (χ4v) is 0.757. The molecule has 4 nitrogen and oxygen atoms in total. The van der Waals surface area contributed by atoms with E-state index >= 15 is 0 Å². The Hall–Kier alpha value is -1.84. The van der Waals surface area contributed by atoms with E-state index in [0.717, 1.165) is 11.9 Å². The number of benzene rings is 1. The highest BCUT2D eigenvalue weighted by Crippen LogP contribution is 2.10. The first-order chi connectivity index (χ1) is 5.83. The lowest BCUT2D eigenvalue weighted by Crippen LogP contribution is -1.91. The van der Waals surface area contributed by atoms with Gasteiger partial charge in [0.25, 0.3) is 0 Å². The number of hydrogen-bond acceptors (Lipinski definition) is 4. The Morgan fingerprint density at radius 3 is 3.00 bits per heavy atom. The molecular weight excluding hydrogens is 152 g/mol. The standard InChI is InChI=1S/C8H10N4/c9-4-5-11-12-8-3-1-2-7(10)6-8/h1-6,9,12H,10H2. The molecule has 0 aliphatic carbocycles. The third kappa shape index (κ3) is 2.42. The van der Waals surface area contributed by atoms with Gasteiger partial charge in [-0.3, -0.25) is 5.43 Å². The molecule has 12 heavy (non-hydrogen) atoms. The number of nitrogens with two attached hydrogens (primary N) is 1. The molecule has 62 valence electrons. The summed E-state index contributed by atoms with van der Waals surface area (Å²) in [7, 11) is 0. The Balaban J connectivity index is 2.63. The van der Waals surface area contributed by atoms with E-state index in [1.54, 1.807) is 12.1 Å². The van der Waals surface area contributed by atoms with Crippen LogP contribution in [0.25, 0.3) is 0 Å². The molecule has 4 N–H and O–H groups in total. The first-order valence-corrected chi connectivity index (χ1v) is 3.46. The summed E-state index contributed by atoms with van der Waals surface area (Å²) in [5.74, 6) is 0. The molecule has 0 spiro atoms. The van der Waals surface area contributed by atoms with E-state index in [2.05, 4.69) is 10.5 Å². The van der Waals surface area contributed by atoms with Crippen LogP contribution in [-0.2, 0) is 0 Å². The molecule has 0 fully saturated rings. The summed E-state index contributed by atoms with van der Waals surface area (Å²) in [4.78, 5) is 0. The molecular formula is C8H10N4. The summed E-state index contributed by atoms with van der Waals surface area (Å²) < 4.78 is 0.